The SMILES string of the molecule is O=c1c2ccccc2nc(-c2ccc(Cl)cc2)n1-c1cccc(O)c1. The van der Waals surface area contributed by atoms with Gasteiger partial charge in [0.1, 0.15) is 11.6 Å². The summed E-state index contributed by atoms with van der Waals surface area (Å²) in [4.78, 5) is 17.8. The van der Waals surface area contributed by atoms with Crippen LogP contribution in [0, 0.1) is 0 Å². The van der Waals surface area contributed by atoms with Crippen LogP contribution in [0.15, 0.2) is 77.6 Å². The second kappa shape index (κ2) is 6.07. The smallest absolute Gasteiger partial charge is 0.266 e. The van der Waals surface area contributed by atoms with E-state index in [0.29, 0.717) is 27.4 Å². The number of rotatable bonds is 2. The molecule has 3 aromatic carbocycles. The molecule has 1 heterocycles. The highest BCUT2D eigenvalue weighted by Gasteiger charge is 2.14. The Hall–Kier alpha value is -3.11. The number of phenolic OH excluding ortho intramolecular Hbond substituents is 1. The minimum Gasteiger partial charge on any atom is -0.508 e. The van der Waals surface area contributed by atoms with E-state index in [4.69, 9.17) is 11.6 Å². The van der Waals surface area contributed by atoms with Gasteiger partial charge in [-0.2, -0.15) is 0 Å². The maximum Gasteiger partial charge on any atom is 0.266 e. The maximum absolute atomic E-state index is 13.1. The Morgan fingerprint density at radius 3 is 2.44 bits per heavy atom. The lowest BCUT2D eigenvalue weighted by Gasteiger charge is -2.14. The molecule has 1 aromatic heterocycles. The van der Waals surface area contributed by atoms with Gasteiger partial charge in [-0.05, 0) is 48.5 Å². The van der Waals surface area contributed by atoms with Crippen molar-refractivity contribution in [3.05, 3.63) is 88.2 Å². The van der Waals surface area contributed by atoms with E-state index in [9.17, 15) is 9.90 Å². The van der Waals surface area contributed by atoms with Crippen molar-refractivity contribution in [1.82, 2.24) is 9.55 Å². The Kier molecular flexibility index (Phi) is 3.75. The van der Waals surface area contributed by atoms with Crippen LogP contribution in [0.25, 0.3) is 28.0 Å². The fourth-order valence-corrected chi connectivity index (χ4v) is 2.92. The second-order valence-electron chi connectivity index (χ2n) is 5.62. The quantitative estimate of drug-likeness (QED) is 0.583. The van der Waals surface area contributed by atoms with E-state index >= 15 is 0 Å². The molecular weight excluding hydrogens is 336 g/mol. The Balaban J connectivity index is 2.11. The molecule has 0 aliphatic heterocycles. The van der Waals surface area contributed by atoms with Crippen molar-refractivity contribution < 1.29 is 5.11 Å². The van der Waals surface area contributed by atoms with E-state index in [2.05, 4.69) is 4.98 Å². The Labute approximate surface area is 148 Å². The second-order valence-corrected chi connectivity index (χ2v) is 6.06. The lowest BCUT2D eigenvalue weighted by atomic mass is 10.1. The topological polar surface area (TPSA) is 55.1 Å². The predicted octanol–water partition coefficient (Wildman–Crippen LogP) is 4.41. The van der Waals surface area contributed by atoms with Crippen LogP contribution in [-0.4, -0.2) is 14.7 Å². The number of hydrogen-bond acceptors (Lipinski definition) is 3. The molecule has 0 fully saturated rings. The highest BCUT2D eigenvalue weighted by molar-refractivity contribution is 6.30. The van der Waals surface area contributed by atoms with E-state index in [-0.39, 0.29) is 11.3 Å². The van der Waals surface area contributed by atoms with Crippen LogP contribution in [0.5, 0.6) is 5.75 Å². The molecule has 0 saturated carbocycles. The average molecular weight is 349 g/mol. The van der Waals surface area contributed by atoms with Gasteiger partial charge in [-0.25, -0.2) is 4.98 Å². The number of phenols is 1. The molecule has 0 spiro atoms. The summed E-state index contributed by atoms with van der Waals surface area (Å²) in [6, 6.07) is 20.9. The van der Waals surface area contributed by atoms with Crippen molar-refractivity contribution >= 4 is 22.5 Å². The minimum atomic E-state index is -0.193. The molecule has 4 aromatic rings. The van der Waals surface area contributed by atoms with Gasteiger partial charge >= 0.3 is 0 Å². The van der Waals surface area contributed by atoms with Crippen molar-refractivity contribution in [2.75, 3.05) is 0 Å². The summed E-state index contributed by atoms with van der Waals surface area (Å²) in [6.45, 7) is 0. The highest BCUT2D eigenvalue weighted by atomic mass is 35.5. The number of para-hydroxylation sites is 1. The molecule has 0 saturated heterocycles. The Bertz CT molecular complexity index is 1130. The lowest BCUT2D eigenvalue weighted by Crippen LogP contribution is -2.21. The van der Waals surface area contributed by atoms with E-state index in [0.717, 1.165) is 5.56 Å². The molecule has 4 rings (SSSR count). The van der Waals surface area contributed by atoms with Crippen LogP contribution in [0.4, 0.5) is 0 Å². The van der Waals surface area contributed by atoms with Gasteiger partial charge < -0.3 is 5.11 Å². The summed E-state index contributed by atoms with van der Waals surface area (Å²) < 4.78 is 1.51. The normalized spacial score (nSPS) is 10.9. The summed E-state index contributed by atoms with van der Waals surface area (Å²) in [5.74, 6) is 0.575. The summed E-state index contributed by atoms with van der Waals surface area (Å²) in [7, 11) is 0. The van der Waals surface area contributed by atoms with Crippen molar-refractivity contribution in [2.45, 2.75) is 0 Å². The molecule has 122 valence electrons. The molecule has 0 bridgehead atoms. The third kappa shape index (κ3) is 2.77. The molecule has 25 heavy (non-hydrogen) atoms. The zero-order valence-electron chi connectivity index (χ0n) is 13.1. The number of aromatic hydroxyl groups is 1. The minimum absolute atomic E-state index is 0.0830. The van der Waals surface area contributed by atoms with Crippen LogP contribution in [0.2, 0.25) is 5.02 Å². The van der Waals surface area contributed by atoms with Gasteiger partial charge in [-0.1, -0.05) is 29.8 Å². The summed E-state index contributed by atoms with van der Waals surface area (Å²) in [6.07, 6.45) is 0. The first-order valence-electron chi connectivity index (χ1n) is 7.70. The lowest BCUT2D eigenvalue weighted by molar-refractivity contribution is 0.475. The molecule has 0 amide bonds. The van der Waals surface area contributed by atoms with Crippen molar-refractivity contribution in [3.8, 4) is 22.8 Å². The third-order valence-corrected chi connectivity index (χ3v) is 4.22. The van der Waals surface area contributed by atoms with E-state index in [1.165, 1.54) is 10.6 Å². The third-order valence-electron chi connectivity index (χ3n) is 3.97. The molecule has 0 aliphatic rings. The van der Waals surface area contributed by atoms with Crippen LogP contribution in [0.3, 0.4) is 0 Å². The molecule has 5 heteroatoms. The van der Waals surface area contributed by atoms with Crippen molar-refractivity contribution in [3.63, 3.8) is 0 Å². The van der Waals surface area contributed by atoms with Gasteiger partial charge in [0, 0.05) is 16.7 Å². The van der Waals surface area contributed by atoms with Gasteiger partial charge in [0.15, 0.2) is 0 Å². The Morgan fingerprint density at radius 1 is 0.920 bits per heavy atom. The Morgan fingerprint density at radius 2 is 1.68 bits per heavy atom. The standard InChI is InChI=1S/C20H13ClN2O2/c21-14-10-8-13(9-11-14)19-22-18-7-2-1-6-17(18)20(25)23(19)15-4-3-5-16(24)12-15/h1-12,24H. The van der Waals surface area contributed by atoms with Gasteiger partial charge in [0.25, 0.3) is 5.56 Å². The number of nitrogens with zero attached hydrogens (tertiary/aromatic N) is 2. The van der Waals surface area contributed by atoms with E-state index in [1.807, 2.05) is 24.3 Å². The van der Waals surface area contributed by atoms with Gasteiger partial charge in [-0.3, -0.25) is 9.36 Å². The van der Waals surface area contributed by atoms with E-state index < -0.39 is 0 Å². The monoisotopic (exact) mass is 348 g/mol. The average Bonchev–Trinajstić information content (AvgIpc) is 2.62. The molecule has 0 atom stereocenters. The van der Waals surface area contributed by atoms with Crippen LogP contribution in [0.1, 0.15) is 0 Å². The summed E-state index contributed by atoms with van der Waals surface area (Å²) in [5.41, 5.74) is 1.74. The zero-order valence-corrected chi connectivity index (χ0v) is 13.8. The van der Waals surface area contributed by atoms with Crippen molar-refractivity contribution in [1.29, 1.82) is 0 Å². The van der Waals surface area contributed by atoms with Gasteiger partial charge in [0.2, 0.25) is 0 Å². The highest BCUT2D eigenvalue weighted by Crippen LogP contribution is 2.25. The zero-order chi connectivity index (χ0) is 17.4. The molecule has 0 unspecified atom stereocenters. The number of hydrogen-bond donors (Lipinski definition) is 1. The van der Waals surface area contributed by atoms with Gasteiger partial charge in [0.05, 0.1) is 16.6 Å². The molecule has 4 nitrogen and oxygen atoms in total. The fraction of sp³-hybridized carbons (Fsp3) is 0. The summed E-state index contributed by atoms with van der Waals surface area (Å²) >= 11 is 5.98. The number of halogens is 1. The predicted molar refractivity (Wildman–Crippen MR) is 99.5 cm³/mol. The maximum atomic E-state index is 13.1. The molecule has 0 radical (unpaired) electrons. The molecular formula is C20H13ClN2O2. The number of benzene rings is 3. The van der Waals surface area contributed by atoms with Crippen LogP contribution in [-0.2, 0) is 0 Å². The van der Waals surface area contributed by atoms with Crippen LogP contribution < -0.4 is 5.56 Å². The number of fused-ring (bicyclic) bond motifs is 1. The first-order valence-corrected chi connectivity index (χ1v) is 8.08. The number of aromatic nitrogens is 2. The summed E-state index contributed by atoms with van der Waals surface area (Å²) in [5, 5.41) is 10.9. The fourth-order valence-electron chi connectivity index (χ4n) is 2.80. The van der Waals surface area contributed by atoms with Crippen molar-refractivity contribution in [2.24, 2.45) is 0 Å². The molecule has 0 aliphatic carbocycles. The first-order chi connectivity index (χ1) is 12.1. The first kappa shape index (κ1) is 15.4. The van der Waals surface area contributed by atoms with Crippen LogP contribution >= 0.6 is 11.6 Å². The van der Waals surface area contributed by atoms with Gasteiger partial charge in [-0.15, -0.1) is 0 Å². The van der Waals surface area contributed by atoms with E-state index in [1.54, 1.807) is 42.5 Å². The largest absolute Gasteiger partial charge is 0.508 e. The molecule has 1 N–H and O–H groups in total.